The van der Waals surface area contributed by atoms with Gasteiger partial charge in [-0.1, -0.05) is 139 Å². The molecule has 13 rings (SSSR count). The molecule has 0 bridgehead atoms. The first-order valence-corrected chi connectivity index (χ1v) is 26.6. The zero-order valence-corrected chi connectivity index (χ0v) is 46.6. The van der Waals surface area contributed by atoms with Gasteiger partial charge in [0.1, 0.15) is 0 Å². The van der Waals surface area contributed by atoms with Crippen LogP contribution in [0.25, 0.3) is 76.5 Å². The number of para-hydroxylation sites is 2. The van der Waals surface area contributed by atoms with Gasteiger partial charge < -0.3 is 37.1 Å². The van der Waals surface area contributed by atoms with Crippen LogP contribution < -0.4 is 5.46 Å². The van der Waals surface area contributed by atoms with Crippen LogP contribution in [0.1, 0.15) is 90.5 Å². The molecule has 0 N–H and O–H groups in total. The second-order valence-corrected chi connectivity index (χ2v) is 24.0. The molecule has 8 nitrogen and oxygen atoms in total. The lowest BCUT2D eigenvalue weighted by Gasteiger charge is -2.32. The van der Waals surface area contributed by atoms with Crippen LogP contribution in [0, 0.1) is 0 Å². The Kier molecular flexibility index (Phi) is 14.4. The summed E-state index contributed by atoms with van der Waals surface area (Å²) in [5, 5.41) is 10.0. The number of fused-ring (bicyclic) bond motifs is 8. The van der Waals surface area contributed by atoms with Crippen LogP contribution in [0.2, 0.25) is 0 Å². The number of benzene rings is 8. The van der Waals surface area contributed by atoms with E-state index in [1.54, 1.807) is 0 Å². The van der Waals surface area contributed by atoms with E-state index in [1.165, 1.54) is 65.3 Å². The molecule has 0 radical (unpaired) electrons. The fourth-order valence-corrected chi connectivity index (χ4v) is 10.6. The van der Waals surface area contributed by atoms with Crippen molar-refractivity contribution >= 4 is 108 Å². The molecule has 76 heavy (non-hydrogen) atoms. The van der Waals surface area contributed by atoms with Gasteiger partial charge in [0.2, 0.25) is 0 Å². The maximum atomic E-state index is 6.34. The zero-order chi connectivity index (χ0) is 52.2. The Hall–Kier alpha value is -5.76. The summed E-state index contributed by atoms with van der Waals surface area (Å²) in [6, 6.07) is 60.6. The number of nitrogens with zero attached hydrogens (tertiary/aromatic N) is 2. The number of aromatic nitrogens is 2. The summed E-state index contributed by atoms with van der Waals surface area (Å²) in [5.74, 6) is 0. The van der Waals surface area contributed by atoms with Crippen LogP contribution in [-0.4, -0.2) is 63.9 Å². The molecule has 2 aromatic heterocycles. The first-order valence-electron chi connectivity index (χ1n) is 25.8. The molecule has 0 saturated carbocycles. The van der Waals surface area contributed by atoms with Crippen molar-refractivity contribution < 1.29 is 32.6 Å². The van der Waals surface area contributed by atoms with Crippen molar-refractivity contribution in [2.24, 2.45) is 0 Å². The summed E-state index contributed by atoms with van der Waals surface area (Å²) in [4.78, 5) is 0. The number of rotatable bonds is 4. The van der Waals surface area contributed by atoms with Gasteiger partial charge in [-0.05, 0) is 165 Å². The van der Waals surface area contributed by atoms with Crippen LogP contribution in [0.15, 0.2) is 174 Å². The lowest BCUT2D eigenvalue weighted by Crippen LogP contribution is -2.41. The first-order chi connectivity index (χ1) is 35.0. The van der Waals surface area contributed by atoms with E-state index in [1.807, 2.05) is 55.4 Å². The quantitative estimate of drug-likeness (QED) is 0.164. The highest BCUT2D eigenvalue weighted by Crippen LogP contribution is 2.44. The second kappa shape index (κ2) is 19.9. The van der Waals surface area contributed by atoms with E-state index in [9.17, 15) is 0 Å². The molecule has 0 aliphatic carbocycles. The predicted octanol–water partition coefficient (Wildman–Crippen LogP) is 16.0. The van der Waals surface area contributed by atoms with Gasteiger partial charge in [0.15, 0.2) is 0 Å². The van der Waals surface area contributed by atoms with Gasteiger partial charge in [-0.25, -0.2) is 0 Å². The van der Waals surface area contributed by atoms with Crippen LogP contribution in [0.5, 0.6) is 0 Å². The standard InChI is InChI=1S/C28H26BNO2.C22H14BrN.C12H24B2O4.CH4.FH/c1-27(2)28(3,4)32-29(31-27)21-14-16-24-23-11-7-8-12-25(23)30(26(24)18-21)22-15-13-19-9-5-6-10-20(19)17-22;23-17-10-12-20-19-7-3-4-8-21(19)24(22(20)14-17)18-11-9-15-5-1-2-6-16(15)13-18;1-9(2)10(3,4)16-13(15-9)14-17-11(5,6)12(7,8)18-14;;/h5-18H,1-4H3;1-14H;1-8H3;1H4;1H. The molecule has 0 unspecified atom stereocenters. The molecule has 3 saturated heterocycles. The fourth-order valence-electron chi connectivity index (χ4n) is 10.2. The molecule has 5 heterocycles. The SMILES string of the molecule is Brc1ccc2c3ccccc3n(-c3ccc4ccccc4c3)c2c1.C.CC1(C)OB(B2OC(C)(C)C(C)(C)O2)OC1(C)C.CC1(C)OB(c2ccc3c4ccccc4n(-c4ccc5ccccc5c4)c3c2)OC1(C)C.F. The summed E-state index contributed by atoms with van der Waals surface area (Å²) in [5.41, 5.74) is 6.04. The minimum absolute atomic E-state index is 0. The van der Waals surface area contributed by atoms with Gasteiger partial charge in [-0.3, -0.25) is 4.70 Å². The monoisotopic (exact) mass is 1080 g/mol. The summed E-state index contributed by atoms with van der Waals surface area (Å²) in [6.45, 7) is 24.6. The van der Waals surface area contributed by atoms with Crippen molar-refractivity contribution in [3.8, 4) is 11.4 Å². The average Bonchev–Trinajstić information content (AvgIpc) is 4.11. The van der Waals surface area contributed by atoms with E-state index in [0.29, 0.717) is 0 Å². The maximum Gasteiger partial charge on any atom is 0.494 e. The Balaban J connectivity index is 0.000000143. The topological polar surface area (TPSA) is 65.2 Å². The largest absolute Gasteiger partial charge is 0.494 e. The van der Waals surface area contributed by atoms with Crippen LogP contribution in [0.3, 0.4) is 0 Å². The summed E-state index contributed by atoms with van der Waals surface area (Å²) in [7, 11) is -1.33. The first kappa shape index (κ1) is 55.0. The van der Waals surface area contributed by atoms with Gasteiger partial charge in [0.25, 0.3) is 0 Å². The maximum absolute atomic E-state index is 6.34. The Labute approximate surface area is 456 Å². The van der Waals surface area contributed by atoms with Crippen molar-refractivity contribution in [2.75, 3.05) is 0 Å². The number of halogens is 2. The van der Waals surface area contributed by atoms with Crippen molar-refractivity contribution in [3.63, 3.8) is 0 Å². The fraction of sp³-hybridized carbons (Fsp3) is 0.302. The molecule has 3 aliphatic rings. The highest BCUT2D eigenvalue weighted by atomic mass is 79.9. The van der Waals surface area contributed by atoms with Crippen molar-refractivity contribution in [3.05, 3.63) is 174 Å². The Morgan fingerprint density at radius 2 is 0.684 bits per heavy atom. The molecular formula is C63H69B3BrFN2O6. The molecule has 390 valence electrons. The molecular weight excluding hydrogens is 1010 g/mol. The molecule has 0 atom stereocenters. The summed E-state index contributed by atoms with van der Waals surface area (Å²) in [6.07, 6.45) is 0. The normalized spacial score (nSPS) is 18.6. The van der Waals surface area contributed by atoms with Crippen molar-refractivity contribution in [1.82, 2.24) is 9.13 Å². The van der Waals surface area contributed by atoms with Crippen molar-refractivity contribution in [1.29, 1.82) is 0 Å². The van der Waals surface area contributed by atoms with Gasteiger partial charge in [-0.2, -0.15) is 0 Å². The molecule has 0 spiro atoms. The van der Waals surface area contributed by atoms with E-state index in [4.69, 9.17) is 27.9 Å². The summed E-state index contributed by atoms with van der Waals surface area (Å²) < 4.78 is 42.3. The average molecular weight is 1080 g/mol. The Morgan fingerprint density at radius 3 is 1.12 bits per heavy atom. The Morgan fingerprint density at radius 1 is 0.342 bits per heavy atom. The molecule has 10 aromatic rings. The predicted molar refractivity (Wildman–Crippen MR) is 321 cm³/mol. The van der Waals surface area contributed by atoms with E-state index < -0.39 is 14.0 Å². The third-order valence-corrected chi connectivity index (χ3v) is 17.1. The van der Waals surface area contributed by atoms with Crippen LogP contribution in [-0.2, 0) is 27.9 Å². The molecule has 0 amide bonds. The van der Waals surface area contributed by atoms with Gasteiger partial charge in [0.05, 0.1) is 55.7 Å². The number of hydrogen-bond donors (Lipinski definition) is 0. The van der Waals surface area contributed by atoms with Gasteiger partial charge >= 0.3 is 21.1 Å². The van der Waals surface area contributed by atoms with Crippen LogP contribution >= 0.6 is 15.9 Å². The van der Waals surface area contributed by atoms with E-state index in [0.717, 1.165) is 21.1 Å². The summed E-state index contributed by atoms with van der Waals surface area (Å²) >= 11 is 3.62. The van der Waals surface area contributed by atoms with Crippen molar-refractivity contribution in [2.45, 2.75) is 124 Å². The van der Waals surface area contributed by atoms with Gasteiger partial charge in [0, 0.05) is 37.4 Å². The van der Waals surface area contributed by atoms with E-state index in [2.05, 4.69) is 223 Å². The molecule has 3 aliphatic heterocycles. The van der Waals surface area contributed by atoms with E-state index >= 15 is 0 Å². The third-order valence-electron chi connectivity index (χ3n) is 16.6. The molecule has 3 fully saturated rings. The molecule has 8 aromatic carbocycles. The van der Waals surface area contributed by atoms with Crippen LogP contribution in [0.4, 0.5) is 4.70 Å². The smallest absolute Gasteiger partial charge is 0.405 e. The zero-order valence-electron chi connectivity index (χ0n) is 45.0. The highest BCUT2D eigenvalue weighted by molar-refractivity contribution is 9.10. The Bertz CT molecular complexity index is 3710. The van der Waals surface area contributed by atoms with Gasteiger partial charge in [-0.15, -0.1) is 0 Å². The second-order valence-electron chi connectivity index (χ2n) is 23.0. The highest BCUT2D eigenvalue weighted by Gasteiger charge is 2.63. The minimum Gasteiger partial charge on any atom is -0.405 e. The molecule has 13 heteroatoms. The van der Waals surface area contributed by atoms with E-state index in [-0.39, 0.29) is 52.9 Å². The lowest BCUT2D eigenvalue weighted by atomic mass is 9.49. The lowest BCUT2D eigenvalue weighted by molar-refractivity contribution is 0.00578. The third kappa shape index (κ3) is 9.60. The minimum atomic E-state index is -0.476. The number of hydrogen-bond acceptors (Lipinski definition) is 6.